The van der Waals surface area contributed by atoms with Gasteiger partial charge in [0.25, 0.3) is 0 Å². The molecule has 0 aliphatic carbocycles. The summed E-state index contributed by atoms with van der Waals surface area (Å²) >= 11 is 0. The molecule has 1 rings (SSSR count). The lowest BCUT2D eigenvalue weighted by molar-refractivity contribution is -0.138. The molecular weight excluding hydrogens is 209 g/mol. The van der Waals surface area contributed by atoms with Gasteiger partial charge in [-0.25, -0.2) is 4.39 Å². The number of hydrogen-bond donors (Lipinski definition) is 2. The molecule has 88 valence electrons. The summed E-state index contributed by atoms with van der Waals surface area (Å²) in [5, 5.41) is 8.73. The first-order valence-corrected chi connectivity index (χ1v) is 5.28. The highest BCUT2D eigenvalue weighted by atomic mass is 19.1. The highest BCUT2D eigenvalue weighted by Crippen LogP contribution is 2.24. The quantitative estimate of drug-likeness (QED) is 0.806. The lowest BCUT2D eigenvalue weighted by Crippen LogP contribution is -2.31. The minimum atomic E-state index is -0.999. The van der Waals surface area contributed by atoms with Crippen LogP contribution < -0.4 is 5.73 Å². The van der Waals surface area contributed by atoms with Crippen LogP contribution in [0, 0.1) is 5.82 Å². The van der Waals surface area contributed by atoms with Crippen molar-refractivity contribution in [2.75, 3.05) is 0 Å². The monoisotopic (exact) mass is 225 g/mol. The van der Waals surface area contributed by atoms with Crippen molar-refractivity contribution >= 4 is 5.97 Å². The van der Waals surface area contributed by atoms with Crippen molar-refractivity contribution < 1.29 is 14.3 Å². The Kier molecular flexibility index (Phi) is 4.43. The Morgan fingerprint density at radius 2 is 2.00 bits per heavy atom. The van der Waals surface area contributed by atoms with Gasteiger partial charge in [0.2, 0.25) is 0 Å². The zero-order chi connectivity index (χ0) is 12.1. The molecule has 0 heterocycles. The normalized spacial score (nSPS) is 14.4. The van der Waals surface area contributed by atoms with Gasteiger partial charge < -0.3 is 10.8 Å². The average Bonchev–Trinajstić information content (AvgIpc) is 2.26. The maximum absolute atomic E-state index is 12.7. The number of carbonyl (C=O) groups is 1. The van der Waals surface area contributed by atoms with Gasteiger partial charge in [0.15, 0.2) is 0 Å². The van der Waals surface area contributed by atoms with E-state index in [4.69, 9.17) is 10.8 Å². The summed E-state index contributed by atoms with van der Waals surface area (Å²) in [5.41, 5.74) is 6.42. The van der Waals surface area contributed by atoms with Crippen LogP contribution in [-0.4, -0.2) is 17.1 Å². The first-order valence-electron chi connectivity index (χ1n) is 5.28. The van der Waals surface area contributed by atoms with Gasteiger partial charge in [-0.3, -0.25) is 4.79 Å². The second-order valence-electron chi connectivity index (χ2n) is 3.84. The molecule has 0 saturated carbocycles. The molecule has 0 aliphatic heterocycles. The van der Waals surface area contributed by atoms with Crippen molar-refractivity contribution in [2.24, 2.45) is 5.73 Å². The molecule has 0 aromatic heterocycles. The van der Waals surface area contributed by atoms with Crippen molar-refractivity contribution in [2.45, 2.75) is 31.7 Å². The maximum Gasteiger partial charge on any atom is 0.320 e. The molecule has 0 saturated heterocycles. The number of nitrogens with two attached hydrogens (primary N) is 1. The summed E-state index contributed by atoms with van der Waals surface area (Å²) in [6.45, 7) is 1.96. The first-order chi connectivity index (χ1) is 7.54. The van der Waals surface area contributed by atoms with Crippen LogP contribution in [0.5, 0.6) is 0 Å². The number of aliphatic carboxylic acids is 1. The molecule has 0 spiro atoms. The zero-order valence-corrected chi connectivity index (χ0v) is 9.19. The van der Waals surface area contributed by atoms with Gasteiger partial charge >= 0.3 is 5.97 Å². The Hall–Kier alpha value is -1.42. The minimum Gasteiger partial charge on any atom is -0.480 e. The van der Waals surface area contributed by atoms with E-state index in [1.54, 1.807) is 12.1 Å². The van der Waals surface area contributed by atoms with E-state index in [1.165, 1.54) is 12.1 Å². The van der Waals surface area contributed by atoms with Gasteiger partial charge in [0.05, 0.1) is 0 Å². The third kappa shape index (κ3) is 3.31. The van der Waals surface area contributed by atoms with Gasteiger partial charge in [0.1, 0.15) is 11.9 Å². The summed E-state index contributed by atoms with van der Waals surface area (Å²) in [4.78, 5) is 10.7. The second kappa shape index (κ2) is 5.61. The van der Waals surface area contributed by atoms with Crippen molar-refractivity contribution in [3.8, 4) is 0 Å². The smallest absolute Gasteiger partial charge is 0.320 e. The number of carboxylic acids is 1. The number of hydrogen-bond acceptors (Lipinski definition) is 2. The van der Waals surface area contributed by atoms with Crippen molar-refractivity contribution in [3.63, 3.8) is 0 Å². The van der Waals surface area contributed by atoms with Crippen LogP contribution in [0.3, 0.4) is 0 Å². The van der Waals surface area contributed by atoms with Crippen LogP contribution in [0.2, 0.25) is 0 Å². The van der Waals surface area contributed by atoms with Crippen LogP contribution in [0.25, 0.3) is 0 Å². The minimum absolute atomic E-state index is 0.0618. The van der Waals surface area contributed by atoms with Crippen molar-refractivity contribution in [1.82, 2.24) is 0 Å². The summed E-state index contributed by atoms with van der Waals surface area (Å²) in [7, 11) is 0. The van der Waals surface area contributed by atoms with E-state index in [0.717, 1.165) is 12.0 Å². The zero-order valence-electron chi connectivity index (χ0n) is 9.19. The van der Waals surface area contributed by atoms with Crippen LogP contribution in [0.15, 0.2) is 24.3 Å². The molecule has 2 atom stereocenters. The number of carboxylic acid groups (broad SMARTS) is 1. The van der Waals surface area contributed by atoms with Gasteiger partial charge in [-0.1, -0.05) is 19.1 Å². The van der Waals surface area contributed by atoms with E-state index < -0.39 is 12.0 Å². The van der Waals surface area contributed by atoms with E-state index >= 15 is 0 Å². The molecule has 0 amide bonds. The summed E-state index contributed by atoms with van der Waals surface area (Å²) in [6, 6.07) is 5.25. The lowest BCUT2D eigenvalue weighted by atomic mass is 9.90. The van der Waals surface area contributed by atoms with Gasteiger partial charge in [-0.15, -0.1) is 0 Å². The fourth-order valence-electron chi connectivity index (χ4n) is 1.68. The van der Waals surface area contributed by atoms with Crippen molar-refractivity contribution in [3.05, 3.63) is 35.6 Å². The third-order valence-corrected chi connectivity index (χ3v) is 2.69. The average molecular weight is 225 g/mol. The van der Waals surface area contributed by atoms with E-state index in [2.05, 4.69) is 0 Å². The van der Waals surface area contributed by atoms with Crippen molar-refractivity contribution in [1.29, 1.82) is 0 Å². The summed E-state index contributed by atoms with van der Waals surface area (Å²) < 4.78 is 12.7. The van der Waals surface area contributed by atoms with E-state index in [-0.39, 0.29) is 11.7 Å². The highest BCUT2D eigenvalue weighted by molar-refractivity contribution is 5.73. The molecule has 1 aromatic rings. The van der Waals surface area contributed by atoms with E-state index in [0.29, 0.717) is 6.42 Å². The molecule has 0 aliphatic rings. The number of rotatable bonds is 5. The molecule has 16 heavy (non-hydrogen) atoms. The molecule has 0 radical (unpaired) electrons. The van der Waals surface area contributed by atoms with Crippen LogP contribution in [0.4, 0.5) is 4.39 Å². The Morgan fingerprint density at radius 1 is 1.44 bits per heavy atom. The van der Waals surface area contributed by atoms with Gasteiger partial charge in [-0.2, -0.15) is 0 Å². The fourth-order valence-corrected chi connectivity index (χ4v) is 1.68. The summed E-state index contributed by atoms with van der Waals surface area (Å²) in [5.74, 6) is -1.23. The molecule has 0 bridgehead atoms. The molecule has 1 aromatic carbocycles. The van der Waals surface area contributed by atoms with E-state index in [9.17, 15) is 9.18 Å². The lowest BCUT2D eigenvalue weighted by Gasteiger charge is -2.17. The SMILES string of the molecule is CCC(CC(N)C(=O)O)c1ccc(F)cc1. The standard InChI is InChI=1S/C12H16FNO2/c1-2-8(7-11(14)12(15)16)9-3-5-10(13)6-4-9/h3-6,8,11H,2,7,14H2,1H3,(H,15,16). The fraction of sp³-hybridized carbons (Fsp3) is 0.417. The first kappa shape index (κ1) is 12.6. The topological polar surface area (TPSA) is 63.3 Å². The molecule has 4 heteroatoms. The molecule has 3 nitrogen and oxygen atoms in total. The highest BCUT2D eigenvalue weighted by Gasteiger charge is 2.18. The van der Waals surface area contributed by atoms with Crippen LogP contribution in [-0.2, 0) is 4.79 Å². The van der Waals surface area contributed by atoms with E-state index in [1.807, 2.05) is 6.92 Å². The third-order valence-electron chi connectivity index (χ3n) is 2.69. The summed E-state index contributed by atoms with van der Waals surface area (Å²) in [6.07, 6.45) is 1.16. The molecular formula is C12H16FNO2. The Bertz CT molecular complexity index is 351. The Balaban J connectivity index is 2.74. The Labute approximate surface area is 94.1 Å². The largest absolute Gasteiger partial charge is 0.480 e. The Morgan fingerprint density at radius 3 is 2.44 bits per heavy atom. The van der Waals surface area contributed by atoms with Crippen LogP contribution >= 0.6 is 0 Å². The van der Waals surface area contributed by atoms with Crippen LogP contribution in [0.1, 0.15) is 31.2 Å². The predicted molar refractivity (Wildman–Crippen MR) is 59.7 cm³/mol. The number of benzene rings is 1. The molecule has 0 fully saturated rings. The molecule has 2 unspecified atom stereocenters. The predicted octanol–water partition coefficient (Wildman–Crippen LogP) is 2.12. The second-order valence-corrected chi connectivity index (χ2v) is 3.84. The molecule has 3 N–H and O–H groups in total. The van der Waals surface area contributed by atoms with Gasteiger partial charge in [-0.05, 0) is 36.5 Å². The number of halogens is 1. The van der Waals surface area contributed by atoms with Gasteiger partial charge in [0, 0.05) is 0 Å². The maximum atomic E-state index is 12.7.